The average molecular weight is 473 g/mol. The number of aromatic hydroxyl groups is 1. The number of methoxy groups -OCH3 is 1. The van der Waals surface area contributed by atoms with Crippen LogP contribution in [0.15, 0.2) is 6.07 Å². The molecule has 1 saturated carbocycles. The van der Waals surface area contributed by atoms with Gasteiger partial charge in [-0.2, -0.15) is 0 Å². The number of piperidine rings is 1. The molecule has 2 N–H and O–H groups in total. The summed E-state index contributed by atoms with van der Waals surface area (Å²) in [5.74, 6) is 1.85. The molecule has 34 heavy (non-hydrogen) atoms. The topological polar surface area (TPSA) is 80.3 Å². The van der Waals surface area contributed by atoms with Crippen LogP contribution in [0.3, 0.4) is 0 Å². The zero-order valence-electron chi connectivity index (χ0n) is 21.6. The highest BCUT2D eigenvalue weighted by molar-refractivity contribution is 5.76. The van der Waals surface area contributed by atoms with E-state index in [4.69, 9.17) is 14.2 Å². The molecule has 1 aromatic carbocycles. The molecule has 2 aliphatic heterocycles. The van der Waals surface area contributed by atoms with Crippen LogP contribution in [0.4, 0.5) is 0 Å². The average Bonchev–Trinajstić information content (AvgIpc) is 3.10. The van der Waals surface area contributed by atoms with Crippen molar-refractivity contribution >= 4 is 5.97 Å². The van der Waals surface area contributed by atoms with E-state index in [2.05, 4.69) is 31.1 Å². The van der Waals surface area contributed by atoms with Gasteiger partial charge in [-0.25, -0.2) is 0 Å². The maximum atomic E-state index is 13.1. The second-order valence-corrected chi connectivity index (χ2v) is 12.1. The van der Waals surface area contributed by atoms with E-state index in [0.717, 1.165) is 43.5 Å². The molecule has 6 atom stereocenters. The SMILES string of the molecule is COc1cc(O)c2c3c1C[C@@H]1[C@@H]4CC[C@@H](N[C@@H](C(=O)OC(C)(C)C)C(C)C)[C@H](O2)[C@]34CCN1C. The van der Waals surface area contributed by atoms with E-state index in [0.29, 0.717) is 17.7 Å². The zero-order chi connectivity index (χ0) is 24.6. The Morgan fingerprint density at radius 1 is 1.32 bits per heavy atom. The third kappa shape index (κ3) is 3.41. The third-order valence-corrected chi connectivity index (χ3v) is 8.62. The molecule has 5 rings (SSSR count). The number of carbonyl (C=O) groups excluding carboxylic acids is 1. The first kappa shape index (κ1) is 23.7. The van der Waals surface area contributed by atoms with Crippen LogP contribution in [-0.2, 0) is 21.4 Å². The molecular weight excluding hydrogens is 432 g/mol. The highest BCUT2D eigenvalue weighted by Gasteiger charge is 2.66. The molecule has 0 unspecified atom stereocenters. The fourth-order valence-electron chi connectivity index (χ4n) is 7.27. The summed E-state index contributed by atoms with van der Waals surface area (Å²) in [6, 6.07) is 1.70. The van der Waals surface area contributed by atoms with Gasteiger partial charge in [-0.1, -0.05) is 13.8 Å². The summed E-state index contributed by atoms with van der Waals surface area (Å²) < 4.78 is 18.2. The van der Waals surface area contributed by atoms with E-state index >= 15 is 0 Å². The molecule has 7 heteroatoms. The summed E-state index contributed by atoms with van der Waals surface area (Å²) in [4.78, 5) is 15.6. The molecular formula is C27H40N2O5. The minimum absolute atomic E-state index is 0.0102. The van der Waals surface area contributed by atoms with Crippen LogP contribution in [0.25, 0.3) is 0 Å². The van der Waals surface area contributed by atoms with Crippen LogP contribution < -0.4 is 14.8 Å². The van der Waals surface area contributed by atoms with Gasteiger partial charge in [0.15, 0.2) is 11.5 Å². The van der Waals surface area contributed by atoms with Crippen LogP contribution in [0.2, 0.25) is 0 Å². The third-order valence-electron chi connectivity index (χ3n) is 8.62. The maximum Gasteiger partial charge on any atom is 0.323 e. The number of phenols is 1. The lowest BCUT2D eigenvalue weighted by Crippen LogP contribution is -2.69. The lowest BCUT2D eigenvalue weighted by molar-refractivity contribution is -0.159. The lowest BCUT2D eigenvalue weighted by Gasteiger charge is -2.59. The van der Waals surface area contributed by atoms with Crippen molar-refractivity contribution in [3.8, 4) is 17.2 Å². The first-order valence-corrected chi connectivity index (χ1v) is 12.8. The summed E-state index contributed by atoms with van der Waals surface area (Å²) >= 11 is 0. The Labute approximate surface area is 203 Å². The molecule has 1 aromatic rings. The minimum atomic E-state index is -0.538. The minimum Gasteiger partial charge on any atom is -0.504 e. The fourth-order valence-corrected chi connectivity index (χ4v) is 7.27. The van der Waals surface area contributed by atoms with Gasteiger partial charge in [0.05, 0.1) is 7.11 Å². The van der Waals surface area contributed by atoms with Crippen molar-refractivity contribution in [3.05, 3.63) is 17.2 Å². The van der Waals surface area contributed by atoms with Gasteiger partial charge in [0, 0.05) is 34.7 Å². The highest BCUT2D eigenvalue weighted by atomic mass is 16.6. The Bertz CT molecular complexity index is 986. The number of esters is 1. The summed E-state index contributed by atoms with van der Waals surface area (Å²) in [6.45, 7) is 10.8. The molecule has 2 bridgehead atoms. The van der Waals surface area contributed by atoms with E-state index in [1.165, 1.54) is 5.56 Å². The van der Waals surface area contributed by atoms with Gasteiger partial charge < -0.3 is 24.2 Å². The van der Waals surface area contributed by atoms with E-state index in [1.54, 1.807) is 13.2 Å². The molecule has 188 valence electrons. The number of hydrogen-bond donors (Lipinski definition) is 2. The van der Waals surface area contributed by atoms with Crippen molar-refractivity contribution in [3.63, 3.8) is 0 Å². The molecule has 0 radical (unpaired) electrons. The summed E-state index contributed by atoms with van der Waals surface area (Å²) in [7, 11) is 3.90. The highest BCUT2D eigenvalue weighted by Crippen LogP contribution is 2.65. The summed E-state index contributed by atoms with van der Waals surface area (Å²) in [5.41, 5.74) is 1.62. The fraction of sp³-hybridized carbons (Fsp3) is 0.741. The largest absolute Gasteiger partial charge is 0.504 e. The van der Waals surface area contributed by atoms with Crippen molar-refractivity contribution in [2.75, 3.05) is 20.7 Å². The number of benzene rings is 1. The standard InChI is InChI=1S/C27H40N2O5/c1-14(2)22(25(31)34-26(3,4)5)28-17-9-8-16-18-12-15-20(32-7)13-19(30)23-21(15)27(16,24(17)33-23)10-11-29(18)6/h13-14,16-18,22,24,28,30H,8-12H2,1-7H3/t16-,17+,18+,22+,24-,27-/m0/s1. The van der Waals surface area contributed by atoms with Crippen molar-refractivity contribution < 1.29 is 24.1 Å². The summed E-state index contributed by atoms with van der Waals surface area (Å²) in [6.07, 6.45) is 3.73. The smallest absolute Gasteiger partial charge is 0.323 e. The van der Waals surface area contributed by atoms with Gasteiger partial charge in [0.2, 0.25) is 0 Å². The summed E-state index contributed by atoms with van der Waals surface area (Å²) in [5, 5.41) is 14.6. The molecule has 1 spiro atoms. The van der Waals surface area contributed by atoms with Crippen LogP contribution in [0, 0.1) is 11.8 Å². The van der Waals surface area contributed by atoms with Gasteiger partial charge in [-0.05, 0) is 71.9 Å². The van der Waals surface area contributed by atoms with E-state index in [-0.39, 0.29) is 35.2 Å². The molecule has 4 aliphatic rings. The van der Waals surface area contributed by atoms with Crippen molar-refractivity contribution in [1.82, 2.24) is 10.2 Å². The molecule has 2 heterocycles. The predicted molar refractivity (Wildman–Crippen MR) is 130 cm³/mol. The Hall–Kier alpha value is -1.99. The molecule has 7 nitrogen and oxygen atoms in total. The molecule has 2 aliphatic carbocycles. The van der Waals surface area contributed by atoms with Crippen molar-refractivity contribution in [2.24, 2.45) is 11.8 Å². The lowest BCUT2D eigenvalue weighted by atomic mass is 9.51. The van der Waals surface area contributed by atoms with E-state index in [1.807, 2.05) is 20.8 Å². The number of likely N-dealkylation sites (tertiary alicyclic amines) is 1. The van der Waals surface area contributed by atoms with Gasteiger partial charge in [-0.3, -0.25) is 10.1 Å². The number of nitrogens with one attached hydrogen (secondary N) is 1. The quantitative estimate of drug-likeness (QED) is 0.636. The second kappa shape index (κ2) is 8.02. The van der Waals surface area contributed by atoms with Crippen LogP contribution in [-0.4, -0.2) is 66.5 Å². The number of ether oxygens (including phenoxy) is 3. The number of rotatable bonds is 5. The zero-order valence-corrected chi connectivity index (χ0v) is 21.6. The van der Waals surface area contributed by atoms with Crippen LogP contribution in [0.5, 0.6) is 17.2 Å². The predicted octanol–water partition coefficient (Wildman–Crippen LogP) is 3.39. The molecule has 2 fully saturated rings. The number of likely N-dealkylation sites (N-methyl/N-ethyl adjacent to an activating group) is 1. The van der Waals surface area contributed by atoms with Crippen LogP contribution in [0.1, 0.15) is 65.0 Å². The van der Waals surface area contributed by atoms with Gasteiger partial charge in [0.25, 0.3) is 0 Å². The number of nitrogens with zero attached hydrogens (tertiary/aromatic N) is 1. The Kier molecular flexibility index (Phi) is 5.60. The number of hydrogen-bond acceptors (Lipinski definition) is 7. The first-order valence-electron chi connectivity index (χ1n) is 12.8. The number of phenolic OH excluding ortho intramolecular Hbond substituents is 1. The Morgan fingerprint density at radius 3 is 2.71 bits per heavy atom. The number of carbonyl (C=O) groups is 1. The van der Waals surface area contributed by atoms with E-state index < -0.39 is 11.6 Å². The Morgan fingerprint density at radius 2 is 2.06 bits per heavy atom. The van der Waals surface area contributed by atoms with Gasteiger partial charge in [0.1, 0.15) is 23.5 Å². The van der Waals surface area contributed by atoms with Crippen LogP contribution >= 0.6 is 0 Å². The molecule has 1 saturated heterocycles. The maximum absolute atomic E-state index is 13.1. The Balaban J connectivity index is 1.55. The van der Waals surface area contributed by atoms with Crippen molar-refractivity contribution in [2.45, 2.75) is 95.5 Å². The van der Waals surface area contributed by atoms with Gasteiger partial charge in [-0.15, -0.1) is 0 Å². The molecule has 0 aromatic heterocycles. The second-order valence-electron chi connectivity index (χ2n) is 12.1. The van der Waals surface area contributed by atoms with Crippen molar-refractivity contribution in [1.29, 1.82) is 0 Å². The first-order chi connectivity index (χ1) is 16.0. The molecule has 0 amide bonds. The van der Waals surface area contributed by atoms with E-state index in [9.17, 15) is 9.90 Å². The monoisotopic (exact) mass is 472 g/mol. The van der Waals surface area contributed by atoms with Gasteiger partial charge >= 0.3 is 5.97 Å². The normalized spacial score (nSPS) is 32.7.